The lowest BCUT2D eigenvalue weighted by atomic mass is 9.97. The van der Waals surface area contributed by atoms with Crippen molar-refractivity contribution in [2.24, 2.45) is 5.92 Å². The van der Waals surface area contributed by atoms with Gasteiger partial charge in [-0.2, -0.15) is 0 Å². The molecular weight excluding hydrogens is 364 g/mol. The number of esters is 1. The Hall–Kier alpha value is -2.35. The van der Waals surface area contributed by atoms with Gasteiger partial charge in [0.2, 0.25) is 11.1 Å². The first-order chi connectivity index (χ1) is 13.1. The number of para-hydroxylation sites is 1. The number of thioether (sulfide) groups is 1. The molecule has 7 nitrogen and oxygen atoms in total. The second kappa shape index (κ2) is 9.03. The van der Waals surface area contributed by atoms with Gasteiger partial charge in [-0.3, -0.25) is 9.59 Å². The molecule has 0 radical (unpaired) electrons. The lowest BCUT2D eigenvalue weighted by molar-refractivity contribution is -0.151. The minimum absolute atomic E-state index is 0.0540. The van der Waals surface area contributed by atoms with E-state index >= 15 is 0 Å². The molecule has 1 saturated heterocycles. The molecule has 1 fully saturated rings. The molecule has 0 bridgehead atoms. The van der Waals surface area contributed by atoms with Crippen LogP contribution in [0.1, 0.15) is 26.7 Å². The zero-order valence-corrected chi connectivity index (χ0v) is 16.4. The summed E-state index contributed by atoms with van der Waals surface area (Å²) in [5.74, 6) is -0.193. The van der Waals surface area contributed by atoms with Crippen LogP contribution in [0.5, 0.6) is 0 Å². The second-order valence-corrected chi connectivity index (χ2v) is 7.73. The number of hydrogen-bond acceptors (Lipinski definition) is 6. The first-order valence-corrected chi connectivity index (χ1v) is 10.1. The van der Waals surface area contributed by atoms with E-state index in [9.17, 15) is 9.59 Å². The molecule has 27 heavy (non-hydrogen) atoms. The number of nitrogens with zero attached hydrogens (tertiary/aromatic N) is 4. The fourth-order valence-electron chi connectivity index (χ4n) is 3.07. The Labute approximate surface area is 163 Å². The molecule has 1 aliphatic heterocycles. The van der Waals surface area contributed by atoms with Crippen LogP contribution in [0.2, 0.25) is 0 Å². The predicted molar refractivity (Wildman–Crippen MR) is 103 cm³/mol. The van der Waals surface area contributed by atoms with Gasteiger partial charge in [0.25, 0.3) is 0 Å². The highest BCUT2D eigenvalue weighted by Crippen LogP contribution is 2.25. The molecule has 1 aromatic heterocycles. The van der Waals surface area contributed by atoms with Gasteiger partial charge < -0.3 is 9.64 Å². The normalized spacial score (nSPS) is 16.1. The fourth-order valence-corrected chi connectivity index (χ4v) is 3.88. The Morgan fingerprint density at radius 3 is 2.63 bits per heavy atom. The summed E-state index contributed by atoms with van der Waals surface area (Å²) in [5.41, 5.74) is 0.928. The summed E-state index contributed by atoms with van der Waals surface area (Å²) in [5, 5.41) is 4.73. The van der Waals surface area contributed by atoms with E-state index in [0.717, 1.165) is 5.69 Å². The van der Waals surface area contributed by atoms with Crippen LogP contribution in [-0.2, 0) is 14.3 Å². The van der Waals surface area contributed by atoms with Gasteiger partial charge in [-0.1, -0.05) is 30.0 Å². The monoisotopic (exact) mass is 388 g/mol. The number of hydrogen-bond donors (Lipinski definition) is 0. The van der Waals surface area contributed by atoms with Crippen molar-refractivity contribution in [3.05, 3.63) is 36.7 Å². The Morgan fingerprint density at radius 2 is 1.96 bits per heavy atom. The summed E-state index contributed by atoms with van der Waals surface area (Å²) in [4.78, 5) is 30.6. The largest absolute Gasteiger partial charge is 0.466 e. The highest BCUT2D eigenvalue weighted by atomic mass is 32.2. The van der Waals surface area contributed by atoms with Crippen molar-refractivity contribution in [2.45, 2.75) is 37.1 Å². The number of carbonyl (C=O) groups excluding carboxylic acids is 2. The zero-order chi connectivity index (χ0) is 19.2. The average Bonchev–Trinajstić information content (AvgIpc) is 3.17. The van der Waals surface area contributed by atoms with Crippen molar-refractivity contribution in [2.75, 3.05) is 19.7 Å². The highest BCUT2D eigenvalue weighted by molar-refractivity contribution is 8.00. The molecule has 144 valence electrons. The van der Waals surface area contributed by atoms with E-state index < -0.39 is 0 Å². The van der Waals surface area contributed by atoms with E-state index in [-0.39, 0.29) is 23.0 Å². The summed E-state index contributed by atoms with van der Waals surface area (Å²) < 4.78 is 6.78. The van der Waals surface area contributed by atoms with Gasteiger partial charge in [0, 0.05) is 13.1 Å². The molecule has 1 unspecified atom stereocenters. The third-order valence-corrected chi connectivity index (χ3v) is 5.50. The highest BCUT2D eigenvalue weighted by Gasteiger charge is 2.30. The Kier molecular flexibility index (Phi) is 6.49. The third kappa shape index (κ3) is 4.88. The summed E-state index contributed by atoms with van der Waals surface area (Å²) >= 11 is 1.35. The van der Waals surface area contributed by atoms with Crippen molar-refractivity contribution in [3.8, 4) is 5.69 Å². The fraction of sp³-hybridized carbons (Fsp3) is 0.474. The van der Waals surface area contributed by atoms with Crippen LogP contribution in [0.25, 0.3) is 5.69 Å². The molecule has 1 atom stereocenters. The van der Waals surface area contributed by atoms with E-state index in [1.165, 1.54) is 11.8 Å². The van der Waals surface area contributed by atoms with E-state index in [0.29, 0.717) is 37.7 Å². The number of piperidine rings is 1. The molecule has 8 heteroatoms. The number of ether oxygens (including phenoxy) is 1. The molecular formula is C19H24N4O3S. The molecule has 1 aromatic carbocycles. The van der Waals surface area contributed by atoms with E-state index in [2.05, 4.69) is 10.1 Å². The molecule has 1 aliphatic rings. The maximum absolute atomic E-state index is 12.7. The van der Waals surface area contributed by atoms with Gasteiger partial charge in [-0.25, -0.2) is 9.67 Å². The summed E-state index contributed by atoms with van der Waals surface area (Å²) in [7, 11) is 0. The predicted octanol–water partition coefficient (Wildman–Crippen LogP) is 2.55. The van der Waals surface area contributed by atoms with Crippen LogP contribution in [0.3, 0.4) is 0 Å². The lowest BCUT2D eigenvalue weighted by Crippen LogP contribution is -2.43. The van der Waals surface area contributed by atoms with Crippen molar-refractivity contribution >= 4 is 23.6 Å². The van der Waals surface area contributed by atoms with Gasteiger partial charge in [0.1, 0.15) is 6.33 Å². The van der Waals surface area contributed by atoms with Crippen LogP contribution in [-0.4, -0.2) is 56.5 Å². The molecule has 3 rings (SSSR count). The number of carbonyl (C=O) groups is 2. The van der Waals surface area contributed by atoms with E-state index in [4.69, 9.17) is 4.74 Å². The number of amides is 1. The quantitative estimate of drug-likeness (QED) is 0.559. The Bertz CT molecular complexity index is 772. The average molecular weight is 388 g/mol. The van der Waals surface area contributed by atoms with Gasteiger partial charge in [-0.15, -0.1) is 5.10 Å². The first kappa shape index (κ1) is 19.4. The minimum Gasteiger partial charge on any atom is -0.466 e. The van der Waals surface area contributed by atoms with Crippen LogP contribution in [0.15, 0.2) is 41.8 Å². The van der Waals surface area contributed by atoms with Crippen molar-refractivity contribution in [3.63, 3.8) is 0 Å². The van der Waals surface area contributed by atoms with Crippen LogP contribution < -0.4 is 0 Å². The standard InChI is InChI=1S/C19H24N4O3S/c1-3-26-18(25)15-9-11-22(12-10-15)17(24)14(2)27-19-20-13-23(21-19)16-7-5-4-6-8-16/h4-8,13-15H,3,9-12H2,1-2H3. The van der Waals surface area contributed by atoms with Crippen LogP contribution in [0.4, 0.5) is 0 Å². The zero-order valence-electron chi connectivity index (χ0n) is 15.6. The molecule has 0 aliphatic carbocycles. The molecule has 0 spiro atoms. The Morgan fingerprint density at radius 1 is 1.26 bits per heavy atom. The molecule has 2 heterocycles. The third-order valence-electron chi connectivity index (χ3n) is 4.55. The number of likely N-dealkylation sites (tertiary alicyclic amines) is 1. The van der Waals surface area contributed by atoms with Gasteiger partial charge in [0.05, 0.1) is 23.5 Å². The van der Waals surface area contributed by atoms with Gasteiger partial charge in [0.15, 0.2) is 0 Å². The summed E-state index contributed by atoms with van der Waals surface area (Å²) in [6.45, 7) is 5.24. The minimum atomic E-state index is -0.282. The van der Waals surface area contributed by atoms with Crippen molar-refractivity contribution in [1.29, 1.82) is 0 Å². The second-order valence-electron chi connectivity index (χ2n) is 6.42. The summed E-state index contributed by atoms with van der Waals surface area (Å²) in [6, 6.07) is 9.73. The number of benzene rings is 1. The smallest absolute Gasteiger partial charge is 0.309 e. The molecule has 0 N–H and O–H groups in total. The summed E-state index contributed by atoms with van der Waals surface area (Å²) in [6.07, 6.45) is 2.96. The molecule has 2 aromatic rings. The maximum Gasteiger partial charge on any atom is 0.309 e. The van der Waals surface area contributed by atoms with Crippen LogP contribution in [0, 0.1) is 5.92 Å². The lowest BCUT2D eigenvalue weighted by Gasteiger charge is -2.32. The van der Waals surface area contributed by atoms with Gasteiger partial charge >= 0.3 is 5.97 Å². The van der Waals surface area contributed by atoms with Crippen molar-refractivity contribution in [1.82, 2.24) is 19.7 Å². The molecule has 0 saturated carbocycles. The van der Waals surface area contributed by atoms with Gasteiger partial charge in [-0.05, 0) is 38.8 Å². The van der Waals surface area contributed by atoms with E-state index in [1.807, 2.05) is 49.1 Å². The first-order valence-electron chi connectivity index (χ1n) is 9.17. The SMILES string of the molecule is CCOC(=O)C1CCN(C(=O)C(C)Sc2ncn(-c3ccccc3)n2)CC1. The van der Waals surface area contributed by atoms with E-state index in [1.54, 1.807) is 11.0 Å². The van der Waals surface area contributed by atoms with Crippen molar-refractivity contribution < 1.29 is 14.3 Å². The number of aromatic nitrogens is 3. The Balaban J connectivity index is 1.53. The number of rotatable bonds is 6. The maximum atomic E-state index is 12.7. The molecule has 1 amide bonds. The topological polar surface area (TPSA) is 77.3 Å². The van der Waals surface area contributed by atoms with Crippen LogP contribution >= 0.6 is 11.8 Å².